The number of pyridine rings is 2. The Hall–Kier alpha value is -11.0. The number of benzene rings is 6. The molecule has 0 aliphatic carbocycles. The van der Waals surface area contributed by atoms with E-state index in [1.165, 1.54) is 28.8 Å². The Kier molecular flexibility index (Phi) is 30.1. The Morgan fingerprint density at radius 2 is 1.43 bits per heavy atom. The van der Waals surface area contributed by atoms with E-state index in [9.17, 15) is 14.4 Å². The molecule has 6 heterocycles. The van der Waals surface area contributed by atoms with Crippen molar-refractivity contribution in [3.05, 3.63) is 261 Å². The van der Waals surface area contributed by atoms with Crippen LogP contribution in [0.1, 0.15) is 110 Å². The highest BCUT2D eigenvalue weighted by molar-refractivity contribution is 9.10. The normalized spacial score (nSPS) is 10.7. The summed E-state index contributed by atoms with van der Waals surface area (Å²) >= 11 is 15.4. The molecule has 0 saturated heterocycles. The van der Waals surface area contributed by atoms with Crippen molar-refractivity contribution in [1.82, 2.24) is 55.8 Å². The number of aromatic amines is 1. The van der Waals surface area contributed by atoms with Gasteiger partial charge >= 0.3 is 0 Å². The molecule has 534 valence electrons. The van der Waals surface area contributed by atoms with E-state index in [0.717, 1.165) is 80.3 Å². The van der Waals surface area contributed by atoms with Gasteiger partial charge in [-0.15, -0.1) is 11.3 Å². The van der Waals surface area contributed by atoms with Crippen LogP contribution in [0.2, 0.25) is 0 Å². The molecule has 0 saturated carbocycles. The third-order valence-electron chi connectivity index (χ3n) is 15.2. The number of carbonyl (C=O) groups excluding carboxylic acids is 3. The molecule has 6 aromatic heterocycles. The molecular weight excluding hydrogens is 1420 g/mol. The lowest BCUT2D eigenvalue weighted by Crippen LogP contribution is -2.34. The lowest BCUT2D eigenvalue weighted by atomic mass is 9.87. The molecule has 3 amide bonds. The monoisotopic (exact) mass is 1500 g/mol. The minimum atomic E-state index is -0.310. The van der Waals surface area contributed by atoms with Crippen LogP contribution >= 0.6 is 51.7 Å². The number of H-pyrrole nitrogens is 1. The topological polar surface area (TPSA) is 261 Å². The van der Waals surface area contributed by atoms with Crippen LogP contribution in [0.15, 0.2) is 237 Å². The lowest BCUT2D eigenvalue weighted by molar-refractivity contribution is -0.121. The van der Waals surface area contributed by atoms with E-state index >= 15 is 0 Å². The summed E-state index contributed by atoms with van der Waals surface area (Å²) in [6, 6.07) is 60.6. The number of thiazole rings is 1. The predicted molar refractivity (Wildman–Crippen MR) is 424 cm³/mol. The summed E-state index contributed by atoms with van der Waals surface area (Å²) in [6.45, 7) is 16.0. The molecule has 6 aromatic carbocycles. The Labute approximate surface area is 625 Å². The molecule has 0 bridgehead atoms. The Morgan fingerprint density at radius 3 is 2.10 bits per heavy atom. The third-order valence-corrected chi connectivity index (χ3v) is 17.1. The molecule has 12 rings (SSSR count). The van der Waals surface area contributed by atoms with Gasteiger partial charge in [0.2, 0.25) is 28.3 Å². The fourth-order valence-electron chi connectivity index (χ4n) is 9.81. The summed E-state index contributed by atoms with van der Waals surface area (Å²) in [6.07, 6.45) is 10.7. The van der Waals surface area contributed by atoms with Crippen molar-refractivity contribution in [2.24, 2.45) is 5.10 Å². The van der Waals surface area contributed by atoms with Gasteiger partial charge in [-0.2, -0.15) is 19.9 Å². The molecular formula is C78H86BrN15O6S3. The van der Waals surface area contributed by atoms with Gasteiger partial charge in [0.25, 0.3) is 5.91 Å². The molecule has 0 spiro atoms. The Morgan fingerprint density at radius 1 is 0.738 bits per heavy atom. The minimum absolute atomic E-state index is 0. The molecule has 12 aromatic rings. The maximum Gasteiger partial charge on any atom is 0.258 e. The van der Waals surface area contributed by atoms with E-state index in [-0.39, 0.29) is 44.9 Å². The molecule has 0 unspecified atom stereocenters. The molecule has 103 heavy (non-hydrogen) atoms. The number of nitrogens with one attached hydrogen (secondary N) is 5. The molecule has 0 aliphatic rings. The van der Waals surface area contributed by atoms with Crippen molar-refractivity contribution >= 4 is 97.3 Å². The Bertz CT molecular complexity index is 4690. The molecule has 0 aliphatic heterocycles. The number of ether oxygens (including phenoxy) is 1. The van der Waals surface area contributed by atoms with Crippen molar-refractivity contribution < 1.29 is 31.0 Å². The van der Waals surface area contributed by atoms with E-state index in [4.69, 9.17) is 38.2 Å². The van der Waals surface area contributed by atoms with Gasteiger partial charge in [0.15, 0.2) is 21.8 Å². The second-order valence-electron chi connectivity index (χ2n) is 23.6. The van der Waals surface area contributed by atoms with Crippen LogP contribution in [0.5, 0.6) is 5.75 Å². The molecule has 5 N–H and O–H groups in total. The first kappa shape index (κ1) is 77.7. The number of aromatic nitrogens is 9. The summed E-state index contributed by atoms with van der Waals surface area (Å²) in [5.41, 5.74) is 11.3. The summed E-state index contributed by atoms with van der Waals surface area (Å²) in [4.78, 5) is 54.9. The van der Waals surface area contributed by atoms with Crippen LogP contribution < -0.4 is 30.9 Å². The van der Waals surface area contributed by atoms with Crippen LogP contribution in [-0.2, 0) is 34.4 Å². The van der Waals surface area contributed by atoms with Gasteiger partial charge in [0.05, 0.1) is 41.7 Å². The zero-order chi connectivity index (χ0) is 72.1. The second kappa shape index (κ2) is 39.9. The fourth-order valence-corrected chi connectivity index (χ4v) is 11.4. The minimum Gasteiger partial charge on any atom is -0.494 e. The second-order valence-corrected chi connectivity index (χ2v) is 26.1. The number of hydrogen-bond donors (Lipinski definition) is 5. The number of halogens is 1. The van der Waals surface area contributed by atoms with Gasteiger partial charge in [-0.3, -0.25) is 29.7 Å². The van der Waals surface area contributed by atoms with Gasteiger partial charge < -0.3 is 34.6 Å². The summed E-state index contributed by atoms with van der Waals surface area (Å²) in [5, 5.41) is 33.8. The number of nitrogens with zero attached hydrogens (tertiary/aromatic N) is 10. The first-order valence-electron chi connectivity index (χ1n) is 33.0. The largest absolute Gasteiger partial charge is 0.494 e. The van der Waals surface area contributed by atoms with Crippen LogP contribution in [0.4, 0.5) is 16.5 Å². The van der Waals surface area contributed by atoms with Crippen LogP contribution in [0.25, 0.3) is 45.4 Å². The van der Waals surface area contributed by atoms with E-state index < -0.39 is 0 Å². The van der Waals surface area contributed by atoms with Gasteiger partial charge in [0, 0.05) is 104 Å². The average molecular weight is 1510 g/mol. The van der Waals surface area contributed by atoms with Crippen molar-refractivity contribution in [2.75, 3.05) is 35.2 Å². The molecule has 0 fully saturated rings. The number of carbonyl (C=O) groups is 3. The average Bonchev–Trinajstić information content (AvgIpc) is 1.71. The number of aryl methyl sites for hydroxylation is 2. The highest BCUT2D eigenvalue weighted by Crippen LogP contribution is 2.29. The maximum atomic E-state index is 12.0. The SMILES string of the molecule is C.CC(C)(C)c1ccc(-c2noc(CCC(=O)Nc3cccnc3)n2)cc1.CCN(CC)c1ccc(C=Nn2c(-c3ccccc3Br)n[nH]c2=S)cc1.CCOc1ccc(-c2cc(CCCC(=O)NCc3ccccc3)no2)cc1.O=C(NC(=S)Nc1nc(-c2ccccc2)cs1)c1cccnc1.[HH].[HH]. The number of anilines is 3. The summed E-state index contributed by atoms with van der Waals surface area (Å²) in [5.74, 6) is 2.83. The third kappa shape index (κ3) is 24.4. The highest BCUT2D eigenvalue weighted by atomic mass is 79.9. The quantitative estimate of drug-likeness (QED) is 0.0294. The molecule has 25 heteroatoms. The van der Waals surface area contributed by atoms with Crippen LogP contribution in [0.3, 0.4) is 0 Å². The highest BCUT2D eigenvalue weighted by Gasteiger charge is 2.17. The molecule has 21 nitrogen and oxygen atoms in total. The number of thiocarbonyl (C=S) groups is 1. The van der Waals surface area contributed by atoms with Crippen molar-refractivity contribution in [3.63, 3.8) is 0 Å². The van der Waals surface area contributed by atoms with Gasteiger partial charge in [0.1, 0.15) is 5.75 Å². The van der Waals surface area contributed by atoms with Gasteiger partial charge in [-0.25, -0.2) is 10.1 Å². The number of rotatable bonds is 23. The standard InChI is InChI=1S/C22H24N2O3.C20H22N4O2.C19H20BrN5S.C16H12N4OS2.CH4.2H2/c1-2-26-20-13-11-18(12-14-20)21-15-19(24-27-21)9-6-10-22(25)23-16-17-7-4-3-5-8-17;1-20(2,3)15-8-6-14(7-9-15)19-23-18(26-24-19)11-10-17(25)22-16-5-4-12-21-13-16;1-3-24(4-2)15-11-9-14(10-12-15)13-21-25-18(22-23-19(25)26)16-7-5-6-8-17(16)20;21-14(12-7-4-8-17-9-12)19-15(22)20-16-18-13(10-23-16)11-5-2-1-3-6-11;;;/h3-5,7-8,11-15H,2,6,9-10,16H2,1H3,(H,23,25);4-9,12-13H,10-11H2,1-3H3,(H,22,25);5-13H,3-4H2,1-2H3,(H,23,26);1-10H,(H2,18,19,20,21,22);1H4;2*1H. The van der Waals surface area contributed by atoms with Gasteiger partial charge in [-0.1, -0.05) is 164 Å². The smallest absolute Gasteiger partial charge is 0.258 e. The Balaban J connectivity index is 0.000000218. The van der Waals surface area contributed by atoms with E-state index in [1.54, 1.807) is 53.7 Å². The number of hydrogen-bond acceptors (Lipinski definition) is 18. The van der Waals surface area contributed by atoms with Crippen molar-refractivity contribution in [1.29, 1.82) is 0 Å². The predicted octanol–water partition coefficient (Wildman–Crippen LogP) is 17.9. The van der Waals surface area contributed by atoms with Crippen molar-refractivity contribution in [2.45, 2.75) is 93.0 Å². The zero-order valence-corrected chi connectivity index (χ0v) is 61.3. The van der Waals surface area contributed by atoms with E-state index in [1.807, 2.05) is 140 Å². The number of amides is 3. The fraction of sp³-hybridized carbons (Fsp3) is 0.218. The van der Waals surface area contributed by atoms with Gasteiger partial charge in [-0.05, 0) is 153 Å². The zero-order valence-electron chi connectivity index (χ0n) is 57.3. The van der Waals surface area contributed by atoms with E-state index in [2.05, 4.69) is 159 Å². The first-order valence-corrected chi connectivity index (χ1v) is 35.5. The molecule has 0 atom stereocenters. The van der Waals surface area contributed by atoms with E-state index in [0.29, 0.717) is 71.1 Å². The van der Waals surface area contributed by atoms with Crippen LogP contribution in [0, 0.1) is 4.77 Å². The maximum absolute atomic E-state index is 12.0. The summed E-state index contributed by atoms with van der Waals surface area (Å²) in [7, 11) is 0. The van der Waals surface area contributed by atoms with Crippen LogP contribution in [-0.4, -0.2) is 93.9 Å². The van der Waals surface area contributed by atoms with Crippen molar-refractivity contribution in [3.8, 4) is 51.1 Å². The molecule has 0 radical (unpaired) electrons. The summed E-state index contributed by atoms with van der Waals surface area (Å²) < 4.78 is 19.1. The lowest BCUT2D eigenvalue weighted by Gasteiger charge is -2.20. The first-order chi connectivity index (χ1) is 49.5.